The van der Waals surface area contributed by atoms with E-state index in [0.29, 0.717) is 30.7 Å². The van der Waals surface area contributed by atoms with Gasteiger partial charge in [-0.15, -0.1) is 0 Å². The summed E-state index contributed by atoms with van der Waals surface area (Å²) in [6.07, 6.45) is 7.02. The quantitative estimate of drug-likeness (QED) is 0.884. The van der Waals surface area contributed by atoms with Gasteiger partial charge in [-0.2, -0.15) is 0 Å². The molecule has 26 heavy (non-hydrogen) atoms. The van der Waals surface area contributed by atoms with Crippen LogP contribution in [-0.2, 0) is 4.79 Å². The minimum absolute atomic E-state index is 0.000599. The maximum atomic E-state index is 12.8. The molecule has 2 aliphatic heterocycles. The monoisotopic (exact) mass is 359 g/mol. The molecule has 4 aliphatic rings. The van der Waals surface area contributed by atoms with E-state index in [1.54, 1.807) is 11.0 Å². The van der Waals surface area contributed by atoms with Crippen LogP contribution in [0.1, 0.15) is 60.7 Å². The normalized spacial score (nSPS) is 32.3. The minimum Gasteiger partial charge on any atom is -0.481 e. The van der Waals surface area contributed by atoms with Gasteiger partial charge in [0.2, 0.25) is 0 Å². The highest BCUT2D eigenvalue weighted by Crippen LogP contribution is 2.45. The van der Waals surface area contributed by atoms with E-state index < -0.39 is 11.4 Å². The van der Waals surface area contributed by atoms with Crippen LogP contribution in [-0.4, -0.2) is 64.2 Å². The van der Waals surface area contributed by atoms with Crippen molar-refractivity contribution in [3.63, 3.8) is 0 Å². The van der Waals surface area contributed by atoms with Crippen molar-refractivity contribution < 1.29 is 19.2 Å². The summed E-state index contributed by atoms with van der Waals surface area (Å²) in [4.78, 5) is 29.1. The van der Waals surface area contributed by atoms with Crippen LogP contribution in [0.5, 0.6) is 0 Å². The number of rotatable bonds is 4. The highest BCUT2D eigenvalue weighted by Gasteiger charge is 2.59. The Labute approximate surface area is 152 Å². The van der Waals surface area contributed by atoms with Crippen LogP contribution in [0.4, 0.5) is 0 Å². The lowest BCUT2D eigenvalue weighted by Crippen LogP contribution is -2.43. The molecule has 7 nitrogen and oxygen atoms in total. The molecule has 1 aromatic heterocycles. The van der Waals surface area contributed by atoms with E-state index in [1.165, 1.54) is 25.7 Å². The standard InChI is InChI=1S/C19H25N3O4/c23-17(15-7-16(26-20-15)12-5-6-12)22-9-13-8-21(14-3-1-2-4-14)10-19(13,11-22)18(24)25/h7,12-14H,1-6,8-11H2,(H,24,25)/t13-,19-/m1/s1. The molecule has 2 saturated carbocycles. The Kier molecular flexibility index (Phi) is 3.64. The van der Waals surface area contributed by atoms with Crippen LogP contribution in [0.3, 0.4) is 0 Å². The van der Waals surface area contributed by atoms with Gasteiger partial charge >= 0.3 is 5.97 Å². The van der Waals surface area contributed by atoms with Crippen molar-refractivity contribution in [2.45, 2.75) is 50.5 Å². The molecule has 0 aromatic carbocycles. The number of fused-ring (bicyclic) bond motifs is 1. The molecule has 2 atom stereocenters. The fourth-order valence-electron chi connectivity index (χ4n) is 5.22. The molecule has 1 N–H and O–H groups in total. The van der Waals surface area contributed by atoms with E-state index in [0.717, 1.165) is 25.1 Å². The predicted octanol–water partition coefficient (Wildman–Crippen LogP) is 1.95. The van der Waals surface area contributed by atoms with Crippen molar-refractivity contribution in [2.75, 3.05) is 26.2 Å². The molecule has 5 rings (SSSR count). The van der Waals surface area contributed by atoms with Gasteiger partial charge in [0.25, 0.3) is 5.91 Å². The van der Waals surface area contributed by atoms with Gasteiger partial charge in [0.1, 0.15) is 11.2 Å². The van der Waals surface area contributed by atoms with Gasteiger partial charge in [-0.05, 0) is 25.7 Å². The molecule has 0 unspecified atom stereocenters. The molecule has 1 aromatic rings. The Hall–Kier alpha value is -1.89. The van der Waals surface area contributed by atoms with Crippen LogP contribution in [0.15, 0.2) is 10.6 Å². The Morgan fingerprint density at radius 2 is 1.92 bits per heavy atom. The van der Waals surface area contributed by atoms with Gasteiger partial charge in [0.15, 0.2) is 5.69 Å². The number of carbonyl (C=O) groups excluding carboxylic acids is 1. The molecule has 7 heteroatoms. The number of hydrogen-bond donors (Lipinski definition) is 1. The average Bonchev–Trinajstić information content (AvgIpc) is 3.06. The second-order valence-corrected chi connectivity index (χ2v) is 8.60. The average molecular weight is 359 g/mol. The number of hydrogen-bond acceptors (Lipinski definition) is 5. The summed E-state index contributed by atoms with van der Waals surface area (Å²) in [5.74, 6) is 0.236. The van der Waals surface area contributed by atoms with Gasteiger partial charge in [-0.1, -0.05) is 18.0 Å². The molecule has 140 valence electrons. The molecule has 0 bridgehead atoms. The molecule has 2 aliphatic carbocycles. The third-order valence-electron chi connectivity index (χ3n) is 6.92. The number of aromatic nitrogens is 1. The third-order valence-corrected chi connectivity index (χ3v) is 6.92. The molecule has 3 heterocycles. The van der Waals surface area contributed by atoms with Crippen molar-refractivity contribution >= 4 is 11.9 Å². The Bertz CT molecular complexity index is 737. The molecule has 0 spiro atoms. The first-order valence-corrected chi connectivity index (χ1v) is 9.80. The molecule has 4 fully saturated rings. The fourth-order valence-corrected chi connectivity index (χ4v) is 5.22. The van der Waals surface area contributed by atoms with Crippen molar-refractivity contribution in [2.24, 2.45) is 11.3 Å². The summed E-state index contributed by atoms with van der Waals surface area (Å²) in [6.45, 7) is 2.13. The zero-order valence-corrected chi connectivity index (χ0v) is 14.9. The summed E-state index contributed by atoms with van der Waals surface area (Å²) in [6, 6.07) is 2.27. The number of aliphatic carboxylic acids is 1. The first-order valence-electron chi connectivity index (χ1n) is 9.80. The molecular weight excluding hydrogens is 334 g/mol. The van der Waals surface area contributed by atoms with E-state index in [-0.39, 0.29) is 18.4 Å². The Morgan fingerprint density at radius 1 is 1.15 bits per heavy atom. The largest absolute Gasteiger partial charge is 0.481 e. The maximum Gasteiger partial charge on any atom is 0.313 e. The third kappa shape index (κ3) is 2.47. The van der Waals surface area contributed by atoms with Crippen LogP contribution >= 0.6 is 0 Å². The van der Waals surface area contributed by atoms with Crippen LogP contribution in [0.2, 0.25) is 0 Å². The topological polar surface area (TPSA) is 86.9 Å². The number of carboxylic acids is 1. The highest BCUT2D eigenvalue weighted by molar-refractivity contribution is 5.93. The molecular formula is C19H25N3O4. The number of carboxylic acid groups (broad SMARTS) is 1. The Morgan fingerprint density at radius 3 is 2.58 bits per heavy atom. The van der Waals surface area contributed by atoms with E-state index in [9.17, 15) is 14.7 Å². The van der Waals surface area contributed by atoms with Gasteiger partial charge < -0.3 is 14.5 Å². The van der Waals surface area contributed by atoms with Crippen molar-refractivity contribution in [1.82, 2.24) is 15.0 Å². The van der Waals surface area contributed by atoms with E-state index in [1.807, 2.05) is 0 Å². The maximum absolute atomic E-state index is 12.8. The molecule has 0 radical (unpaired) electrons. The minimum atomic E-state index is -0.832. The van der Waals surface area contributed by atoms with Crippen LogP contribution in [0, 0.1) is 11.3 Å². The number of nitrogens with zero attached hydrogens (tertiary/aromatic N) is 3. The lowest BCUT2D eigenvalue weighted by Gasteiger charge is -2.28. The zero-order valence-electron chi connectivity index (χ0n) is 14.9. The van der Waals surface area contributed by atoms with Crippen molar-refractivity contribution in [3.8, 4) is 0 Å². The number of amides is 1. The van der Waals surface area contributed by atoms with Crippen molar-refractivity contribution in [3.05, 3.63) is 17.5 Å². The summed E-state index contributed by atoms with van der Waals surface area (Å²) in [5.41, 5.74) is -0.513. The van der Waals surface area contributed by atoms with Gasteiger partial charge in [0.05, 0.1) is 0 Å². The predicted molar refractivity (Wildman–Crippen MR) is 91.8 cm³/mol. The van der Waals surface area contributed by atoms with Crippen LogP contribution < -0.4 is 0 Å². The van der Waals surface area contributed by atoms with Gasteiger partial charge in [0, 0.05) is 50.1 Å². The van der Waals surface area contributed by atoms with E-state index >= 15 is 0 Å². The number of likely N-dealkylation sites (tertiary alicyclic amines) is 2. The number of carbonyl (C=O) groups is 2. The fraction of sp³-hybridized carbons (Fsp3) is 0.737. The summed E-state index contributed by atoms with van der Waals surface area (Å²) < 4.78 is 5.30. The molecule has 1 amide bonds. The second kappa shape index (κ2) is 5.81. The lowest BCUT2D eigenvalue weighted by atomic mass is 9.81. The van der Waals surface area contributed by atoms with Gasteiger partial charge in [-0.3, -0.25) is 14.5 Å². The molecule has 2 saturated heterocycles. The van der Waals surface area contributed by atoms with Gasteiger partial charge in [-0.25, -0.2) is 0 Å². The lowest BCUT2D eigenvalue weighted by molar-refractivity contribution is -0.148. The summed E-state index contributed by atoms with van der Waals surface area (Å²) in [7, 11) is 0. The zero-order chi connectivity index (χ0) is 17.9. The highest BCUT2D eigenvalue weighted by atomic mass is 16.5. The first-order chi connectivity index (χ1) is 12.6. The van der Waals surface area contributed by atoms with Crippen LogP contribution in [0.25, 0.3) is 0 Å². The smallest absolute Gasteiger partial charge is 0.313 e. The van der Waals surface area contributed by atoms with E-state index in [4.69, 9.17) is 4.52 Å². The summed E-state index contributed by atoms with van der Waals surface area (Å²) in [5, 5.41) is 13.9. The Balaban J connectivity index is 1.33. The SMILES string of the molecule is O=C(c1cc(C2CC2)on1)N1C[C@H]2CN(C3CCCC3)C[C@@]2(C(=O)O)C1. The van der Waals surface area contributed by atoms with E-state index in [2.05, 4.69) is 10.1 Å². The summed E-state index contributed by atoms with van der Waals surface area (Å²) >= 11 is 0. The first kappa shape index (κ1) is 16.3. The second-order valence-electron chi connectivity index (χ2n) is 8.60. The van der Waals surface area contributed by atoms with Crippen molar-refractivity contribution in [1.29, 1.82) is 0 Å².